The van der Waals surface area contributed by atoms with E-state index in [0.29, 0.717) is 5.56 Å². The highest BCUT2D eigenvalue weighted by molar-refractivity contribution is 5.66. The van der Waals surface area contributed by atoms with E-state index in [-0.39, 0.29) is 5.56 Å². The minimum atomic E-state index is -0.848. The monoisotopic (exact) mass is 223 g/mol. The molecule has 0 aliphatic carbocycles. The van der Waals surface area contributed by atoms with Crippen molar-refractivity contribution < 1.29 is 13.2 Å². The van der Waals surface area contributed by atoms with Gasteiger partial charge in [-0.1, -0.05) is 12.1 Å². The minimum Gasteiger partial charge on any atom is -0.394 e. The number of benzene rings is 2. The number of rotatable bonds is 1. The van der Waals surface area contributed by atoms with Gasteiger partial charge in [0.25, 0.3) is 0 Å². The highest BCUT2D eigenvalue weighted by Crippen LogP contribution is 2.25. The highest BCUT2D eigenvalue weighted by Gasteiger charge is 2.09. The first-order valence-electron chi connectivity index (χ1n) is 4.58. The van der Waals surface area contributed by atoms with Gasteiger partial charge in [-0.25, -0.2) is 13.2 Å². The maximum Gasteiger partial charge on any atom is 0.149 e. The quantitative estimate of drug-likeness (QED) is 0.737. The number of hydrogen-bond donors (Lipinski definition) is 1. The molecule has 0 aliphatic rings. The number of anilines is 1. The molecule has 0 fully saturated rings. The van der Waals surface area contributed by atoms with Gasteiger partial charge in [-0.3, -0.25) is 0 Å². The average Bonchev–Trinajstić information content (AvgIpc) is 2.25. The summed E-state index contributed by atoms with van der Waals surface area (Å²) in [7, 11) is 0. The molecule has 16 heavy (non-hydrogen) atoms. The number of nitrogens with two attached hydrogens (primary N) is 1. The molecule has 0 unspecified atom stereocenters. The van der Waals surface area contributed by atoms with Crippen molar-refractivity contribution in [1.82, 2.24) is 0 Å². The molecule has 0 atom stereocenters. The Labute approximate surface area is 90.3 Å². The Morgan fingerprint density at radius 2 is 1.44 bits per heavy atom. The normalized spacial score (nSPS) is 10.4. The third-order valence-corrected chi connectivity index (χ3v) is 2.24. The Kier molecular flexibility index (Phi) is 2.56. The zero-order chi connectivity index (χ0) is 11.7. The van der Waals surface area contributed by atoms with Gasteiger partial charge in [-0.2, -0.15) is 0 Å². The SMILES string of the molecule is Nc1c(F)cc(-c2cccc(F)c2)cc1F. The van der Waals surface area contributed by atoms with Crippen molar-refractivity contribution in [2.24, 2.45) is 0 Å². The summed E-state index contributed by atoms with van der Waals surface area (Å²) in [5, 5.41) is 0. The first-order chi connectivity index (χ1) is 7.58. The largest absolute Gasteiger partial charge is 0.394 e. The minimum absolute atomic E-state index is 0.253. The van der Waals surface area contributed by atoms with Crippen molar-refractivity contribution in [3.05, 3.63) is 53.8 Å². The lowest BCUT2D eigenvalue weighted by atomic mass is 10.0. The Balaban J connectivity index is 2.57. The molecule has 2 rings (SSSR count). The molecule has 1 nitrogen and oxygen atoms in total. The predicted octanol–water partition coefficient (Wildman–Crippen LogP) is 3.35. The van der Waals surface area contributed by atoms with Crippen molar-refractivity contribution >= 4 is 5.69 Å². The number of nitrogen functional groups attached to an aromatic ring is 1. The number of halogens is 3. The summed E-state index contributed by atoms with van der Waals surface area (Å²) in [5.74, 6) is -2.16. The lowest BCUT2D eigenvalue weighted by molar-refractivity contribution is 0.592. The zero-order valence-electron chi connectivity index (χ0n) is 8.18. The molecular formula is C12H8F3N. The Morgan fingerprint density at radius 1 is 0.812 bits per heavy atom. The number of hydrogen-bond acceptors (Lipinski definition) is 1. The molecule has 0 bridgehead atoms. The van der Waals surface area contributed by atoms with Gasteiger partial charge in [0, 0.05) is 0 Å². The van der Waals surface area contributed by atoms with Crippen LogP contribution in [-0.4, -0.2) is 0 Å². The third-order valence-electron chi connectivity index (χ3n) is 2.24. The predicted molar refractivity (Wildman–Crippen MR) is 56.2 cm³/mol. The van der Waals surface area contributed by atoms with E-state index in [1.165, 1.54) is 18.2 Å². The lowest BCUT2D eigenvalue weighted by Gasteiger charge is -2.05. The van der Waals surface area contributed by atoms with E-state index in [1.54, 1.807) is 6.07 Å². The standard InChI is InChI=1S/C12H8F3N/c13-9-3-1-2-7(4-9)8-5-10(14)12(16)11(15)6-8/h1-6H,16H2. The summed E-state index contributed by atoms with van der Waals surface area (Å²) in [6, 6.07) is 7.64. The fraction of sp³-hybridized carbons (Fsp3) is 0. The van der Waals surface area contributed by atoms with Gasteiger partial charge in [0.1, 0.15) is 23.1 Å². The van der Waals surface area contributed by atoms with Crippen molar-refractivity contribution in [1.29, 1.82) is 0 Å². The van der Waals surface area contributed by atoms with Crippen LogP contribution in [-0.2, 0) is 0 Å². The van der Waals surface area contributed by atoms with Crippen molar-refractivity contribution in [3.8, 4) is 11.1 Å². The van der Waals surface area contributed by atoms with E-state index < -0.39 is 23.1 Å². The van der Waals surface area contributed by atoms with Crippen LogP contribution < -0.4 is 5.73 Å². The highest BCUT2D eigenvalue weighted by atomic mass is 19.1. The van der Waals surface area contributed by atoms with E-state index >= 15 is 0 Å². The average molecular weight is 223 g/mol. The lowest BCUT2D eigenvalue weighted by Crippen LogP contribution is -1.96. The van der Waals surface area contributed by atoms with Crippen LogP contribution in [0.4, 0.5) is 18.9 Å². The molecule has 0 amide bonds. The Hall–Kier alpha value is -1.97. The molecule has 4 heteroatoms. The Morgan fingerprint density at radius 3 is 2.00 bits per heavy atom. The van der Waals surface area contributed by atoms with Crippen LogP contribution in [0.15, 0.2) is 36.4 Å². The van der Waals surface area contributed by atoms with Gasteiger partial charge in [0.2, 0.25) is 0 Å². The van der Waals surface area contributed by atoms with Gasteiger partial charge in [-0.15, -0.1) is 0 Å². The van der Waals surface area contributed by atoms with Gasteiger partial charge in [0.15, 0.2) is 0 Å². The van der Waals surface area contributed by atoms with E-state index in [1.807, 2.05) is 0 Å². The second kappa shape index (κ2) is 3.89. The third kappa shape index (κ3) is 1.86. The van der Waals surface area contributed by atoms with E-state index in [4.69, 9.17) is 5.73 Å². The molecule has 0 radical (unpaired) electrons. The van der Waals surface area contributed by atoms with E-state index in [2.05, 4.69) is 0 Å². The van der Waals surface area contributed by atoms with Crippen LogP contribution in [0.5, 0.6) is 0 Å². The summed E-state index contributed by atoms with van der Waals surface area (Å²) in [4.78, 5) is 0. The van der Waals surface area contributed by atoms with Crippen LogP contribution in [0.1, 0.15) is 0 Å². The molecule has 82 valence electrons. The summed E-state index contributed by atoms with van der Waals surface area (Å²) < 4.78 is 39.3. The molecule has 2 aromatic rings. The molecule has 0 aliphatic heterocycles. The molecule has 0 saturated heterocycles. The topological polar surface area (TPSA) is 26.0 Å². The van der Waals surface area contributed by atoms with Crippen molar-refractivity contribution in [3.63, 3.8) is 0 Å². The molecule has 2 N–H and O–H groups in total. The van der Waals surface area contributed by atoms with Crippen LogP contribution in [0.25, 0.3) is 11.1 Å². The molecule has 2 aromatic carbocycles. The summed E-state index contributed by atoms with van der Waals surface area (Å²) in [6.45, 7) is 0. The van der Waals surface area contributed by atoms with Crippen LogP contribution in [0.3, 0.4) is 0 Å². The molecule has 0 aromatic heterocycles. The maximum absolute atomic E-state index is 13.2. The van der Waals surface area contributed by atoms with Crippen molar-refractivity contribution in [2.45, 2.75) is 0 Å². The molecule has 0 saturated carbocycles. The van der Waals surface area contributed by atoms with Crippen LogP contribution in [0, 0.1) is 17.5 Å². The summed E-state index contributed by atoms with van der Waals surface area (Å²) in [5.41, 5.74) is 5.26. The van der Waals surface area contributed by atoms with E-state index in [0.717, 1.165) is 12.1 Å². The fourth-order valence-electron chi connectivity index (χ4n) is 1.42. The fourth-order valence-corrected chi connectivity index (χ4v) is 1.42. The molecule has 0 spiro atoms. The molecular weight excluding hydrogens is 215 g/mol. The Bertz CT molecular complexity index is 515. The van der Waals surface area contributed by atoms with Gasteiger partial charge >= 0.3 is 0 Å². The zero-order valence-corrected chi connectivity index (χ0v) is 8.18. The van der Waals surface area contributed by atoms with Gasteiger partial charge < -0.3 is 5.73 Å². The molecule has 0 heterocycles. The first-order valence-corrected chi connectivity index (χ1v) is 4.58. The van der Waals surface area contributed by atoms with Crippen molar-refractivity contribution in [2.75, 3.05) is 5.73 Å². The van der Waals surface area contributed by atoms with Crippen LogP contribution in [0.2, 0.25) is 0 Å². The maximum atomic E-state index is 13.2. The van der Waals surface area contributed by atoms with Gasteiger partial charge in [-0.05, 0) is 35.4 Å². The van der Waals surface area contributed by atoms with E-state index in [9.17, 15) is 13.2 Å². The van der Waals surface area contributed by atoms with Gasteiger partial charge in [0.05, 0.1) is 0 Å². The first kappa shape index (κ1) is 10.5. The summed E-state index contributed by atoms with van der Waals surface area (Å²) >= 11 is 0. The van der Waals surface area contributed by atoms with Crippen LogP contribution >= 0.6 is 0 Å². The second-order valence-corrected chi connectivity index (χ2v) is 3.36. The summed E-state index contributed by atoms with van der Waals surface area (Å²) in [6.07, 6.45) is 0. The second-order valence-electron chi connectivity index (χ2n) is 3.36. The smallest absolute Gasteiger partial charge is 0.149 e.